The van der Waals surface area contributed by atoms with E-state index in [1.165, 1.54) is 0 Å². The highest BCUT2D eigenvalue weighted by atomic mass is 16.4. The first-order chi connectivity index (χ1) is 6.54. The third kappa shape index (κ3) is 2.32. The van der Waals surface area contributed by atoms with E-state index in [1.54, 1.807) is 4.68 Å². The summed E-state index contributed by atoms with van der Waals surface area (Å²) < 4.78 is 1.73. The molecule has 0 bridgehead atoms. The number of carboxylic acids is 1. The van der Waals surface area contributed by atoms with Gasteiger partial charge in [0.15, 0.2) is 0 Å². The van der Waals surface area contributed by atoms with Crippen LogP contribution in [0.2, 0.25) is 0 Å². The van der Waals surface area contributed by atoms with E-state index in [4.69, 9.17) is 10.8 Å². The number of hydrogen-bond donors (Lipinski definition) is 2. The molecule has 5 nitrogen and oxygen atoms in total. The molecule has 78 valence electrons. The number of hydrogen-bond acceptors (Lipinski definition) is 3. The van der Waals surface area contributed by atoms with Crippen molar-refractivity contribution in [3.8, 4) is 0 Å². The monoisotopic (exact) mass is 197 g/mol. The van der Waals surface area contributed by atoms with Crippen molar-refractivity contribution >= 4 is 5.97 Å². The highest BCUT2D eigenvalue weighted by Crippen LogP contribution is 2.08. The Hall–Kier alpha value is -1.36. The number of aromatic nitrogens is 2. The first-order valence-corrected chi connectivity index (χ1v) is 4.47. The minimum atomic E-state index is -0.865. The van der Waals surface area contributed by atoms with E-state index in [0.29, 0.717) is 6.42 Å². The lowest BCUT2D eigenvalue weighted by Crippen LogP contribution is -2.25. The van der Waals surface area contributed by atoms with Crippen molar-refractivity contribution in [3.05, 3.63) is 17.5 Å². The molecule has 1 rings (SSSR count). The Morgan fingerprint density at radius 3 is 2.79 bits per heavy atom. The van der Waals surface area contributed by atoms with Crippen molar-refractivity contribution in [2.45, 2.75) is 13.3 Å². The van der Waals surface area contributed by atoms with Crippen LogP contribution in [0.15, 0.2) is 6.07 Å². The van der Waals surface area contributed by atoms with Crippen molar-refractivity contribution in [2.24, 2.45) is 18.7 Å². The average Bonchev–Trinajstić information content (AvgIpc) is 2.41. The van der Waals surface area contributed by atoms with Gasteiger partial charge in [-0.05, 0) is 13.0 Å². The van der Waals surface area contributed by atoms with Crippen LogP contribution < -0.4 is 5.73 Å². The van der Waals surface area contributed by atoms with E-state index < -0.39 is 11.9 Å². The summed E-state index contributed by atoms with van der Waals surface area (Å²) in [6.07, 6.45) is 0.396. The molecule has 0 aliphatic carbocycles. The molecule has 0 saturated heterocycles. The molecule has 1 heterocycles. The molecule has 0 fully saturated rings. The summed E-state index contributed by atoms with van der Waals surface area (Å²) in [5.74, 6) is -1.40. The number of nitrogens with zero attached hydrogens (tertiary/aromatic N) is 2. The second-order valence-corrected chi connectivity index (χ2v) is 3.38. The van der Waals surface area contributed by atoms with Crippen LogP contribution >= 0.6 is 0 Å². The van der Waals surface area contributed by atoms with Gasteiger partial charge in [-0.1, -0.05) is 0 Å². The lowest BCUT2D eigenvalue weighted by molar-refractivity contribution is -0.141. The molecule has 0 aliphatic heterocycles. The van der Waals surface area contributed by atoms with Crippen molar-refractivity contribution in [1.29, 1.82) is 0 Å². The molecule has 5 heteroatoms. The topological polar surface area (TPSA) is 81.1 Å². The van der Waals surface area contributed by atoms with Crippen LogP contribution in [0.1, 0.15) is 11.4 Å². The Kier molecular flexibility index (Phi) is 3.24. The second kappa shape index (κ2) is 4.23. The number of aryl methyl sites for hydroxylation is 2. The van der Waals surface area contributed by atoms with Crippen LogP contribution in [-0.2, 0) is 18.3 Å². The molecule has 14 heavy (non-hydrogen) atoms. The van der Waals surface area contributed by atoms with Gasteiger partial charge in [0.1, 0.15) is 0 Å². The summed E-state index contributed by atoms with van der Waals surface area (Å²) in [6.45, 7) is 2.07. The maximum atomic E-state index is 10.7. The zero-order valence-electron chi connectivity index (χ0n) is 8.40. The first kappa shape index (κ1) is 10.7. The summed E-state index contributed by atoms with van der Waals surface area (Å²) in [4.78, 5) is 10.7. The van der Waals surface area contributed by atoms with Crippen LogP contribution in [0, 0.1) is 12.8 Å². The lowest BCUT2D eigenvalue weighted by Gasteiger charge is -2.06. The predicted molar refractivity (Wildman–Crippen MR) is 51.8 cm³/mol. The molecule has 0 radical (unpaired) electrons. The van der Waals surface area contributed by atoms with Crippen molar-refractivity contribution in [2.75, 3.05) is 6.54 Å². The van der Waals surface area contributed by atoms with Gasteiger partial charge >= 0.3 is 5.97 Å². The minimum absolute atomic E-state index is 0.144. The lowest BCUT2D eigenvalue weighted by atomic mass is 10.0. The average molecular weight is 197 g/mol. The molecule has 0 aliphatic rings. The number of carbonyl (C=O) groups is 1. The van der Waals surface area contributed by atoms with Crippen LogP contribution in [0.3, 0.4) is 0 Å². The fraction of sp³-hybridized carbons (Fsp3) is 0.556. The van der Waals surface area contributed by atoms with Gasteiger partial charge in [0, 0.05) is 25.7 Å². The highest BCUT2D eigenvalue weighted by Gasteiger charge is 2.17. The Balaban J connectivity index is 2.72. The SMILES string of the molecule is Cc1cc(CC(CN)C(=O)O)nn1C. The van der Waals surface area contributed by atoms with Gasteiger partial charge in [0.05, 0.1) is 11.6 Å². The standard InChI is InChI=1S/C9H15N3O2/c1-6-3-8(11-12(6)2)4-7(5-10)9(13)14/h3,7H,4-5,10H2,1-2H3,(H,13,14). The number of rotatable bonds is 4. The van der Waals surface area contributed by atoms with Crippen LogP contribution in [0.25, 0.3) is 0 Å². The Morgan fingerprint density at radius 1 is 1.79 bits per heavy atom. The highest BCUT2D eigenvalue weighted by molar-refractivity contribution is 5.70. The summed E-state index contributed by atoms with van der Waals surface area (Å²) in [6, 6.07) is 1.88. The predicted octanol–water partition coefficient (Wildman–Crippen LogP) is -0.0695. The smallest absolute Gasteiger partial charge is 0.308 e. The van der Waals surface area contributed by atoms with E-state index in [-0.39, 0.29) is 6.54 Å². The van der Waals surface area contributed by atoms with Crippen molar-refractivity contribution < 1.29 is 9.90 Å². The Labute approximate surface area is 82.5 Å². The van der Waals surface area contributed by atoms with Crippen molar-refractivity contribution in [3.63, 3.8) is 0 Å². The fourth-order valence-corrected chi connectivity index (χ4v) is 1.26. The fourth-order valence-electron chi connectivity index (χ4n) is 1.26. The molecule has 1 aromatic heterocycles. The zero-order chi connectivity index (χ0) is 10.7. The third-order valence-corrected chi connectivity index (χ3v) is 2.25. The zero-order valence-corrected chi connectivity index (χ0v) is 8.40. The minimum Gasteiger partial charge on any atom is -0.481 e. The molecular weight excluding hydrogens is 182 g/mol. The largest absolute Gasteiger partial charge is 0.481 e. The summed E-state index contributed by atoms with van der Waals surface area (Å²) in [5, 5.41) is 13.0. The van der Waals surface area contributed by atoms with Gasteiger partial charge in [0.2, 0.25) is 0 Å². The van der Waals surface area contributed by atoms with Gasteiger partial charge in [-0.15, -0.1) is 0 Å². The Bertz CT molecular complexity index is 313. The number of nitrogens with two attached hydrogens (primary N) is 1. The van der Waals surface area contributed by atoms with Gasteiger partial charge in [-0.3, -0.25) is 9.48 Å². The van der Waals surface area contributed by atoms with E-state index in [0.717, 1.165) is 11.4 Å². The van der Waals surface area contributed by atoms with Crippen LogP contribution in [-0.4, -0.2) is 27.4 Å². The van der Waals surface area contributed by atoms with E-state index in [1.807, 2.05) is 20.0 Å². The van der Waals surface area contributed by atoms with Crippen LogP contribution in [0.5, 0.6) is 0 Å². The second-order valence-electron chi connectivity index (χ2n) is 3.38. The van der Waals surface area contributed by atoms with Gasteiger partial charge in [-0.2, -0.15) is 5.10 Å². The number of aliphatic carboxylic acids is 1. The molecule has 0 aromatic carbocycles. The molecule has 1 unspecified atom stereocenters. The normalized spacial score (nSPS) is 12.8. The molecular formula is C9H15N3O2. The molecule has 0 amide bonds. The Morgan fingerprint density at radius 2 is 2.43 bits per heavy atom. The molecule has 0 saturated carbocycles. The van der Waals surface area contributed by atoms with E-state index in [9.17, 15) is 4.79 Å². The maximum Gasteiger partial charge on any atom is 0.308 e. The summed E-state index contributed by atoms with van der Waals surface area (Å²) in [7, 11) is 1.83. The summed E-state index contributed by atoms with van der Waals surface area (Å²) >= 11 is 0. The summed E-state index contributed by atoms with van der Waals surface area (Å²) in [5.41, 5.74) is 7.15. The van der Waals surface area contributed by atoms with Gasteiger partial charge < -0.3 is 10.8 Å². The molecule has 3 N–H and O–H groups in total. The number of carboxylic acid groups (broad SMARTS) is 1. The molecule has 0 spiro atoms. The third-order valence-electron chi connectivity index (χ3n) is 2.25. The van der Waals surface area contributed by atoms with Crippen LogP contribution in [0.4, 0.5) is 0 Å². The van der Waals surface area contributed by atoms with Crippen molar-refractivity contribution in [1.82, 2.24) is 9.78 Å². The maximum absolute atomic E-state index is 10.7. The molecule has 1 atom stereocenters. The van der Waals surface area contributed by atoms with Gasteiger partial charge in [0.25, 0.3) is 0 Å². The molecule has 1 aromatic rings. The van der Waals surface area contributed by atoms with E-state index >= 15 is 0 Å². The quantitative estimate of drug-likeness (QED) is 0.708. The van der Waals surface area contributed by atoms with E-state index in [2.05, 4.69) is 5.10 Å². The van der Waals surface area contributed by atoms with Gasteiger partial charge in [-0.25, -0.2) is 0 Å². The first-order valence-electron chi connectivity index (χ1n) is 4.47.